The van der Waals surface area contributed by atoms with Crippen LogP contribution in [0.2, 0.25) is 0 Å². The summed E-state index contributed by atoms with van der Waals surface area (Å²) in [7, 11) is 0. The van der Waals surface area contributed by atoms with E-state index in [1.54, 1.807) is 0 Å². The van der Waals surface area contributed by atoms with Gasteiger partial charge in [0.2, 0.25) is 5.24 Å². The van der Waals surface area contributed by atoms with E-state index < -0.39 is 5.97 Å². The molecule has 0 aromatic heterocycles. The van der Waals surface area contributed by atoms with Gasteiger partial charge < -0.3 is 5.11 Å². The van der Waals surface area contributed by atoms with Gasteiger partial charge in [-0.3, -0.25) is 9.59 Å². The van der Waals surface area contributed by atoms with Gasteiger partial charge in [0.1, 0.15) is 0 Å². The Morgan fingerprint density at radius 3 is 1.60 bits per heavy atom. The predicted octanol–water partition coefficient (Wildman–Crippen LogP) is 5.35. The standard InChI is InChI=1S/C9H9ClO.C9H10O2.CH2Cl2/c2*1-7-3-2-4-8(5-7)6-9(10)11;2-1-3/h2-5H,6H2,1H3;2-5H,6H2,1H3,(H,10,11);1H2. The SMILES string of the molecule is Cc1cccc(CC(=O)Cl)c1.Cc1cccc(CC(=O)O)c1.ClCCl. The molecule has 0 fully saturated rings. The third-order valence-corrected chi connectivity index (χ3v) is 3.00. The topological polar surface area (TPSA) is 54.4 Å². The minimum absolute atomic E-state index is 0.113. The molecule has 0 aliphatic rings. The summed E-state index contributed by atoms with van der Waals surface area (Å²) in [5.74, 6) is -0.782. The van der Waals surface area contributed by atoms with Crippen LogP contribution in [0.1, 0.15) is 22.3 Å². The summed E-state index contributed by atoms with van der Waals surface area (Å²) in [5.41, 5.74) is 4.09. The first-order valence-corrected chi connectivity index (χ1v) is 8.86. The molecule has 0 aliphatic heterocycles. The highest BCUT2D eigenvalue weighted by atomic mass is 35.5. The van der Waals surface area contributed by atoms with Crippen molar-refractivity contribution in [2.24, 2.45) is 0 Å². The number of aliphatic carboxylic acids is 1. The van der Waals surface area contributed by atoms with Gasteiger partial charge in [-0.05, 0) is 36.6 Å². The molecule has 6 heteroatoms. The Labute approximate surface area is 163 Å². The summed E-state index contributed by atoms with van der Waals surface area (Å²) < 4.78 is 0. The Morgan fingerprint density at radius 2 is 1.28 bits per heavy atom. The third kappa shape index (κ3) is 13.4. The molecule has 2 rings (SSSR count). The van der Waals surface area contributed by atoms with E-state index in [9.17, 15) is 9.59 Å². The highest BCUT2D eigenvalue weighted by molar-refractivity contribution is 6.63. The first-order chi connectivity index (χ1) is 11.8. The molecule has 0 bridgehead atoms. The Hall–Kier alpha value is -1.55. The zero-order valence-corrected chi connectivity index (χ0v) is 16.4. The van der Waals surface area contributed by atoms with Crippen LogP contribution >= 0.6 is 34.8 Å². The van der Waals surface area contributed by atoms with E-state index in [1.807, 2.05) is 62.4 Å². The molecule has 3 nitrogen and oxygen atoms in total. The molecule has 136 valence electrons. The monoisotopic (exact) mass is 402 g/mol. The molecule has 25 heavy (non-hydrogen) atoms. The van der Waals surface area contributed by atoms with E-state index in [4.69, 9.17) is 39.9 Å². The number of alkyl halides is 2. The Balaban J connectivity index is 0.000000399. The molecule has 2 aromatic rings. The highest BCUT2D eigenvalue weighted by Gasteiger charge is 1.99. The minimum atomic E-state index is -0.782. The number of aryl methyl sites for hydroxylation is 2. The molecular formula is C19H21Cl3O3. The maximum atomic E-state index is 10.5. The molecule has 0 amide bonds. The van der Waals surface area contributed by atoms with Crippen molar-refractivity contribution in [2.75, 3.05) is 5.34 Å². The lowest BCUT2D eigenvalue weighted by molar-refractivity contribution is -0.136. The van der Waals surface area contributed by atoms with Gasteiger partial charge in [-0.15, -0.1) is 23.2 Å². The molecule has 0 heterocycles. The van der Waals surface area contributed by atoms with Gasteiger partial charge in [-0.2, -0.15) is 0 Å². The normalized spacial score (nSPS) is 9.16. The average molecular weight is 404 g/mol. The Kier molecular flexibility index (Phi) is 12.9. The van der Waals surface area contributed by atoms with E-state index in [2.05, 4.69) is 0 Å². The number of carboxylic acids is 1. The summed E-state index contributed by atoms with van der Waals surface area (Å²) >= 11 is 14.8. The molecule has 1 N–H and O–H groups in total. The molecular weight excluding hydrogens is 383 g/mol. The van der Waals surface area contributed by atoms with Gasteiger partial charge in [0.05, 0.1) is 11.8 Å². The van der Waals surface area contributed by atoms with Crippen LogP contribution < -0.4 is 0 Å². The number of halogens is 3. The van der Waals surface area contributed by atoms with Crippen molar-refractivity contribution in [3.63, 3.8) is 0 Å². The van der Waals surface area contributed by atoms with Gasteiger partial charge in [0.25, 0.3) is 0 Å². The van der Waals surface area contributed by atoms with E-state index in [0.717, 1.165) is 22.3 Å². The summed E-state index contributed by atoms with van der Waals surface area (Å²) in [6.07, 6.45) is 0.435. The van der Waals surface area contributed by atoms with Gasteiger partial charge in [-0.25, -0.2) is 0 Å². The fourth-order valence-electron chi connectivity index (χ4n) is 1.98. The van der Waals surface area contributed by atoms with Gasteiger partial charge >= 0.3 is 5.97 Å². The first kappa shape index (κ1) is 23.4. The smallest absolute Gasteiger partial charge is 0.307 e. The lowest BCUT2D eigenvalue weighted by Crippen LogP contribution is -1.99. The highest BCUT2D eigenvalue weighted by Crippen LogP contribution is 2.06. The Morgan fingerprint density at radius 1 is 0.880 bits per heavy atom. The lowest BCUT2D eigenvalue weighted by atomic mass is 10.1. The zero-order chi connectivity index (χ0) is 19.2. The van der Waals surface area contributed by atoms with Crippen molar-refractivity contribution < 1.29 is 14.7 Å². The van der Waals surface area contributed by atoms with Crippen LogP contribution in [-0.4, -0.2) is 21.7 Å². The fraction of sp³-hybridized carbons (Fsp3) is 0.263. The third-order valence-electron chi connectivity index (χ3n) is 2.86. The average Bonchev–Trinajstić information content (AvgIpc) is 2.47. The number of hydrogen-bond donors (Lipinski definition) is 1. The van der Waals surface area contributed by atoms with Crippen molar-refractivity contribution in [3.05, 3.63) is 70.8 Å². The maximum Gasteiger partial charge on any atom is 0.307 e. The molecule has 0 unspecified atom stereocenters. The molecule has 0 aliphatic carbocycles. The minimum Gasteiger partial charge on any atom is -0.481 e. The van der Waals surface area contributed by atoms with Crippen molar-refractivity contribution in [1.82, 2.24) is 0 Å². The van der Waals surface area contributed by atoms with Gasteiger partial charge in [-0.1, -0.05) is 59.7 Å². The molecule has 0 saturated carbocycles. The number of benzene rings is 2. The van der Waals surface area contributed by atoms with E-state index in [1.165, 1.54) is 0 Å². The number of rotatable bonds is 4. The second-order valence-electron chi connectivity index (χ2n) is 5.18. The summed E-state index contributed by atoms with van der Waals surface area (Å²) in [4.78, 5) is 20.8. The van der Waals surface area contributed by atoms with Crippen molar-refractivity contribution in [1.29, 1.82) is 0 Å². The largest absolute Gasteiger partial charge is 0.481 e. The van der Waals surface area contributed by atoms with Gasteiger partial charge in [0, 0.05) is 6.42 Å². The van der Waals surface area contributed by atoms with Crippen molar-refractivity contribution in [2.45, 2.75) is 26.7 Å². The lowest BCUT2D eigenvalue weighted by Gasteiger charge is -1.96. The number of hydrogen-bond acceptors (Lipinski definition) is 2. The molecule has 2 aromatic carbocycles. The molecule has 0 radical (unpaired) electrons. The van der Waals surface area contributed by atoms with Crippen LogP contribution in [0.25, 0.3) is 0 Å². The Bertz CT molecular complexity index is 615. The number of carboxylic acid groups (broad SMARTS) is 1. The molecule has 0 spiro atoms. The second-order valence-corrected chi connectivity index (χ2v) is 6.41. The number of carbonyl (C=O) groups is 2. The van der Waals surface area contributed by atoms with Crippen LogP contribution in [0.4, 0.5) is 0 Å². The molecule has 0 atom stereocenters. The zero-order valence-electron chi connectivity index (χ0n) is 14.1. The van der Waals surface area contributed by atoms with Gasteiger partial charge in [0.15, 0.2) is 0 Å². The second kappa shape index (κ2) is 13.7. The van der Waals surface area contributed by atoms with Crippen LogP contribution in [0.3, 0.4) is 0 Å². The van der Waals surface area contributed by atoms with Crippen molar-refractivity contribution in [3.8, 4) is 0 Å². The molecule has 0 saturated heterocycles. The van der Waals surface area contributed by atoms with Crippen LogP contribution in [0, 0.1) is 13.8 Å². The fourth-order valence-corrected chi connectivity index (χ4v) is 2.13. The summed E-state index contributed by atoms with van der Waals surface area (Å²) in [5, 5.41) is 8.34. The number of carbonyl (C=O) groups excluding carboxylic acids is 1. The van der Waals surface area contributed by atoms with Crippen LogP contribution in [0.5, 0.6) is 0 Å². The van der Waals surface area contributed by atoms with Crippen LogP contribution in [0.15, 0.2) is 48.5 Å². The summed E-state index contributed by atoms with van der Waals surface area (Å²) in [6.45, 7) is 3.94. The predicted molar refractivity (Wildman–Crippen MR) is 105 cm³/mol. The first-order valence-electron chi connectivity index (χ1n) is 7.41. The van der Waals surface area contributed by atoms with E-state index >= 15 is 0 Å². The van der Waals surface area contributed by atoms with E-state index in [-0.39, 0.29) is 17.0 Å². The van der Waals surface area contributed by atoms with Crippen molar-refractivity contribution >= 4 is 46.0 Å². The quantitative estimate of drug-likeness (QED) is 0.553. The van der Waals surface area contributed by atoms with Crippen LogP contribution in [-0.2, 0) is 22.4 Å². The van der Waals surface area contributed by atoms with E-state index in [0.29, 0.717) is 6.42 Å². The maximum absolute atomic E-state index is 10.5. The summed E-state index contributed by atoms with van der Waals surface area (Å²) in [6, 6.07) is 15.3.